The van der Waals surface area contributed by atoms with Gasteiger partial charge in [-0.05, 0) is 43.2 Å². The molecule has 1 saturated carbocycles. The Morgan fingerprint density at radius 3 is 2.41 bits per heavy atom. The van der Waals surface area contributed by atoms with Gasteiger partial charge in [-0.1, -0.05) is 19.3 Å². The number of carbonyl (C=O) groups excluding carboxylic acids is 1. The number of likely N-dealkylation sites (tertiary alicyclic amines) is 1. The van der Waals surface area contributed by atoms with Gasteiger partial charge >= 0.3 is 0 Å². The van der Waals surface area contributed by atoms with Crippen LogP contribution < -0.4 is 0 Å². The molecule has 2 aromatic rings. The smallest absolute Gasteiger partial charge is 0.271 e. The highest BCUT2D eigenvalue weighted by Gasteiger charge is 2.44. The Labute approximate surface area is 157 Å². The van der Waals surface area contributed by atoms with Gasteiger partial charge in [0.05, 0.1) is 16.2 Å². The van der Waals surface area contributed by atoms with Crippen molar-refractivity contribution in [3.63, 3.8) is 0 Å². The lowest BCUT2D eigenvalue weighted by Crippen LogP contribution is -2.58. The van der Waals surface area contributed by atoms with Crippen LogP contribution in [0.5, 0.6) is 0 Å². The van der Waals surface area contributed by atoms with E-state index in [4.69, 9.17) is 0 Å². The summed E-state index contributed by atoms with van der Waals surface area (Å²) < 4.78 is 38.4. The van der Waals surface area contributed by atoms with Gasteiger partial charge in [0, 0.05) is 18.7 Å². The fourth-order valence-electron chi connectivity index (χ4n) is 3.85. The number of aromatic nitrogens is 2. The van der Waals surface area contributed by atoms with E-state index in [1.165, 1.54) is 17.0 Å². The van der Waals surface area contributed by atoms with Gasteiger partial charge in [0.25, 0.3) is 5.91 Å². The maximum atomic E-state index is 13.0. The molecule has 0 atom stereocenters. The molecule has 8 heteroatoms. The zero-order valence-corrected chi connectivity index (χ0v) is 15.7. The average molecular weight is 391 g/mol. The zero-order chi connectivity index (χ0) is 19.0. The van der Waals surface area contributed by atoms with Crippen LogP contribution in [0.4, 0.5) is 4.39 Å². The molecule has 1 aliphatic carbocycles. The predicted octanol–water partition coefficient (Wildman–Crippen LogP) is 2.79. The van der Waals surface area contributed by atoms with Crippen molar-refractivity contribution in [1.29, 1.82) is 0 Å². The van der Waals surface area contributed by atoms with Gasteiger partial charge in [-0.2, -0.15) is 5.10 Å². The van der Waals surface area contributed by atoms with Gasteiger partial charge in [0.15, 0.2) is 9.84 Å². The van der Waals surface area contributed by atoms with Crippen LogP contribution >= 0.6 is 0 Å². The minimum atomic E-state index is -3.17. The molecule has 1 aromatic heterocycles. The van der Waals surface area contributed by atoms with E-state index in [-0.39, 0.29) is 30.1 Å². The fraction of sp³-hybridized carbons (Fsp3) is 0.474. The van der Waals surface area contributed by atoms with Crippen LogP contribution in [-0.4, -0.2) is 53.0 Å². The van der Waals surface area contributed by atoms with Crippen molar-refractivity contribution in [2.75, 3.05) is 13.1 Å². The summed E-state index contributed by atoms with van der Waals surface area (Å²) in [6.07, 6.45) is 4.54. The lowest BCUT2D eigenvalue weighted by Gasteiger charge is -2.40. The van der Waals surface area contributed by atoms with Crippen molar-refractivity contribution in [3.8, 4) is 11.3 Å². The van der Waals surface area contributed by atoms with E-state index in [2.05, 4.69) is 10.2 Å². The first-order valence-electron chi connectivity index (χ1n) is 9.28. The molecule has 2 aliphatic rings. The summed E-state index contributed by atoms with van der Waals surface area (Å²) in [5.41, 5.74) is 1.56. The summed E-state index contributed by atoms with van der Waals surface area (Å²) in [4.78, 5) is 14.1. The normalized spacial score (nSPS) is 19.1. The topological polar surface area (TPSA) is 83.1 Å². The van der Waals surface area contributed by atoms with Gasteiger partial charge in [0.1, 0.15) is 11.5 Å². The van der Waals surface area contributed by atoms with Crippen molar-refractivity contribution < 1.29 is 17.6 Å². The zero-order valence-electron chi connectivity index (χ0n) is 14.9. The third kappa shape index (κ3) is 3.50. The van der Waals surface area contributed by atoms with E-state index < -0.39 is 15.1 Å². The second-order valence-corrected chi connectivity index (χ2v) is 9.87. The molecule has 1 amide bonds. The number of carbonyl (C=O) groups is 1. The van der Waals surface area contributed by atoms with E-state index >= 15 is 0 Å². The quantitative estimate of drug-likeness (QED) is 0.869. The molecule has 27 heavy (non-hydrogen) atoms. The molecular formula is C19H22FN3O3S. The lowest BCUT2D eigenvalue weighted by atomic mass is 10.0. The molecule has 0 spiro atoms. The molecule has 2 heterocycles. The lowest BCUT2D eigenvalue weighted by molar-refractivity contribution is 0.0652. The van der Waals surface area contributed by atoms with E-state index in [1.807, 2.05) is 0 Å². The van der Waals surface area contributed by atoms with Crippen molar-refractivity contribution in [1.82, 2.24) is 15.1 Å². The second kappa shape index (κ2) is 7.07. The van der Waals surface area contributed by atoms with Crippen LogP contribution in [-0.2, 0) is 9.84 Å². The Kier molecular flexibility index (Phi) is 4.75. The van der Waals surface area contributed by atoms with Crippen molar-refractivity contribution in [3.05, 3.63) is 41.8 Å². The molecule has 144 valence electrons. The van der Waals surface area contributed by atoms with Crippen molar-refractivity contribution in [2.45, 2.75) is 42.6 Å². The van der Waals surface area contributed by atoms with Crippen LogP contribution in [0.25, 0.3) is 11.3 Å². The van der Waals surface area contributed by atoms with Gasteiger partial charge in [-0.3, -0.25) is 9.89 Å². The SMILES string of the molecule is O=C(c1cc(-c2ccc(F)cc2)n[nH]1)N1CC(S(=O)(=O)C2CCCCC2)C1. The van der Waals surface area contributed by atoms with Crippen LogP contribution in [0.1, 0.15) is 42.6 Å². The molecule has 2 fully saturated rings. The highest BCUT2D eigenvalue weighted by Crippen LogP contribution is 2.30. The molecule has 1 saturated heterocycles. The van der Waals surface area contributed by atoms with Gasteiger partial charge < -0.3 is 4.90 Å². The first-order valence-corrected chi connectivity index (χ1v) is 10.9. The van der Waals surface area contributed by atoms with Crippen LogP contribution in [0.3, 0.4) is 0 Å². The van der Waals surface area contributed by atoms with Gasteiger partial charge in [-0.25, -0.2) is 12.8 Å². The highest BCUT2D eigenvalue weighted by molar-refractivity contribution is 7.92. The Morgan fingerprint density at radius 2 is 1.74 bits per heavy atom. The number of halogens is 1. The third-order valence-corrected chi connectivity index (χ3v) is 8.19. The molecule has 1 N–H and O–H groups in total. The number of aromatic amines is 1. The number of H-pyrrole nitrogens is 1. The number of rotatable bonds is 4. The number of amides is 1. The van der Waals surface area contributed by atoms with E-state index in [9.17, 15) is 17.6 Å². The second-order valence-electron chi connectivity index (χ2n) is 7.35. The van der Waals surface area contributed by atoms with Gasteiger partial charge in [-0.15, -0.1) is 0 Å². The minimum absolute atomic E-state index is 0.239. The summed E-state index contributed by atoms with van der Waals surface area (Å²) in [6.45, 7) is 0.477. The number of benzene rings is 1. The van der Waals surface area contributed by atoms with Crippen molar-refractivity contribution >= 4 is 15.7 Å². The Hall–Kier alpha value is -2.22. The number of hydrogen-bond acceptors (Lipinski definition) is 4. The number of nitrogens with zero attached hydrogens (tertiary/aromatic N) is 2. The summed E-state index contributed by atoms with van der Waals surface area (Å²) in [6, 6.07) is 7.47. The third-order valence-electron chi connectivity index (χ3n) is 5.56. The first-order chi connectivity index (χ1) is 12.9. The monoisotopic (exact) mass is 391 g/mol. The fourth-order valence-corrected chi connectivity index (χ4v) is 6.16. The number of sulfone groups is 1. The molecule has 1 aliphatic heterocycles. The average Bonchev–Trinajstić information content (AvgIpc) is 3.12. The van der Waals surface area contributed by atoms with E-state index in [0.717, 1.165) is 32.1 Å². The summed E-state index contributed by atoms with van der Waals surface area (Å²) in [5, 5.41) is 6.11. The van der Waals surface area contributed by atoms with Crippen LogP contribution in [0.2, 0.25) is 0 Å². The Balaban J connectivity index is 1.40. The molecule has 1 aromatic carbocycles. The van der Waals surface area contributed by atoms with Crippen LogP contribution in [0.15, 0.2) is 30.3 Å². The largest absolute Gasteiger partial charge is 0.335 e. The molecule has 0 unspecified atom stereocenters. The first kappa shape index (κ1) is 18.2. The molecule has 0 bridgehead atoms. The van der Waals surface area contributed by atoms with Crippen LogP contribution in [0, 0.1) is 5.82 Å². The van der Waals surface area contributed by atoms with E-state index in [1.54, 1.807) is 18.2 Å². The maximum Gasteiger partial charge on any atom is 0.271 e. The molecular weight excluding hydrogens is 369 g/mol. The highest BCUT2D eigenvalue weighted by atomic mass is 32.2. The van der Waals surface area contributed by atoms with Gasteiger partial charge in [0.2, 0.25) is 0 Å². The predicted molar refractivity (Wildman–Crippen MR) is 99.5 cm³/mol. The molecule has 0 radical (unpaired) electrons. The maximum absolute atomic E-state index is 13.0. The number of nitrogens with one attached hydrogen (secondary N) is 1. The molecule has 6 nitrogen and oxygen atoms in total. The Bertz CT molecular complexity index is 927. The number of hydrogen-bond donors (Lipinski definition) is 1. The minimum Gasteiger partial charge on any atom is -0.335 e. The summed E-state index contributed by atoms with van der Waals surface area (Å²) in [5.74, 6) is -0.595. The Morgan fingerprint density at radius 1 is 1.07 bits per heavy atom. The summed E-state index contributed by atoms with van der Waals surface area (Å²) >= 11 is 0. The molecule has 4 rings (SSSR count). The van der Waals surface area contributed by atoms with E-state index in [0.29, 0.717) is 17.0 Å². The summed E-state index contributed by atoms with van der Waals surface area (Å²) in [7, 11) is -3.17. The standard InChI is InChI=1S/C19H22FN3O3S/c20-14-8-6-13(7-9-14)17-10-18(22-21-17)19(24)23-11-16(12-23)27(25,26)15-4-2-1-3-5-15/h6-10,15-16H,1-5,11-12H2,(H,21,22). The van der Waals surface area contributed by atoms with Crippen molar-refractivity contribution in [2.24, 2.45) is 0 Å².